The number of likely N-dealkylation sites (tertiary alicyclic amines) is 1. The summed E-state index contributed by atoms with van der Waals surface area (Å²) in [5.74, 6) is 0.0255. The quantitative estimate of drug-likeness (QED) is 0.903. The molecule has 128 valence electrons. The van der Waals surface area contributed by atoms with Gasteiger partial charge in [0.25, 0.3) is 5.91 Å². The van der Waals surface area contributed by atoms with Gasteiger partial charge in [-0.3, -0.25) is 9.89 Å². The second kappa shape index (κ2) is 7.03. The summed E-state index contributed by atoms with van der Waals surface area (Å²) in [7, 11) is 0. The molecule has 1 aliphatic rings. The van der Waals surface area contributed by atoms with Crippen molar-refractivity contribution in [2.45, 2.75) is 38.6 Å². The van der Waals surface area contributed by atoms with Crippen molar-refractivity contribution in [3.63, 3.8) is 0 Å². The van der Waals surface area contributed by atoms with Crippen LogP contribution in [0.25, 0.3) is 0 Å². The minimum absolute atomic E-state index is 0.0382. The van der Waals surface area contributed by atoms with Crippen molar-refractivity contribution in [1.82, 2.24) is 15.1 Å². The fourth-order valence-electron chi connectivity index (χ4n) is 2.97. The van der Waals surface area contributed by atoms with E-state index in [1.54, 1.807) is 12.1 Å². The van der Waals surface area contributed by atoms with Gasteiger partial charge in [-0.1, -0.05) is 13.8 Å². The molecule has 1 amide bonds. The Morgan fingerprint density at radius 3 is 2.79 bits per heavy atom. The minimum Gasteiger partial charge on any atom is -0.381 e. The standard InChI is InChI=1S/C18H23FN4O/c1-12(2)16-10-17(22-21-16)18(24)23-9-3-4-15(11-23)20-14-7-5-13(19)6-8-14/h5-8,10,12,15,20H,3-4,9,11H2,1-2H3,(H,21,22)/t15-/m0/s1. The molecule has 2 aromatic rings. The van der Waals surface area contributed by atoms with Gasteiger partial charge in [-0.2, -0.15) is 5.10 Å². The molecule has 1 aromatic carbocycles. The van der Waals surface area contributed by atoms with E-state index in [0.29, 0.717) is 18.2 Å². The van der Waals surface area contributed by atoms with E-state index in [9.17, 15) is 9.18 Å². The summed E-state index contributed by atoms with van der Waals surface area (Å²) in [4.78, 5) is 14.5. The average Bonchev–Trinajstić information content (AvgIpc) is 3.07. The van der Waals surface area contributed by atoms with Gasteiger partial charge >= 0.3 is 0 Å². The fraction of sp³-hybridized carbons (Fsp3) is 0.444. The predicted octanol–water partition coefficient (Wildman–Crippen LogP) is 3.39. The number of nitrogens with one attached hydrogen (secondary N) is 2. The zero-order valence-electron chi connectivity index (χ0n) is 14.1. The molecule has 0 aliphatic carbocycles. The van der Waals surface area contributed by atoms with Crippen molar-refractivity contribution in [3.05, 3.63) is 47.5 Å². The lowest BCUT2D eigenvalue weighted by Crippen LogP contribution is -2.45. The Morgan fingerprint density at radius 2 is 2.12 bits per heavy atom. The number of hydrogen-bond donors (Lipinski definition) is 2. The topological polar surface area (TPSA) is 61.0 Å². The zero-order valence-corrected chi connectivity index (χ0v) is 14.1. The summed E-state index contributed by atoms with van der Waals surface area (Å²) < 4.78 is 13.0. The Kier molecular flexibility index (Phi) is 4.83. The third-order valence-corrected chi connectivity index (χ3v) is 4.36. The second-order valence-electron chi connectivity index (χ2n) is 6.60. The van der Waals surface area contributed by atoms with Crippen LogP contribution in [0, 0.1) is 5.82 Å². The normalized spacial score (nSPS) is 18.0. The zero-order chi connectivity index (χ0) is 17.1. The third kappa shape index (κ3) is 3.75. The number of aromatic amines is 1. The smallest absolute Gasteiger partial charge is 0.274 e. The lowest BCUT2D eigenvalue weighted by atomic mass is 10.0. The number of rotatable bonds is 4. The molecule has 0 bridgehead atoms. The first-order valence-electron chi connectivity index (χ1n) is 8.39. The third-order valence-electron chi connectivity index (χ3n) is 4.36. The number of hydrogen-bond acceptors (Lipinski definition) is 3. The molecule has 1 atom stereocenters. The molecule has 0 unspecified atom stereocenters. The molecule has 0 spiro atoms. The molecule has 1 saturated heterocycles. The maximum atomic E-state index is 13.0. The number of nitrogens with zero attached hydrogens (tertiary/aromatic N) is 2. The molecule has 0 radical (unpaired) electrons. The molecule has 5 nitrogen and oxygen atoms in total. The van der Waals surface area contributed by atoms with E-state index in [2.05, 4.69) is 29.4 Å². The minimum atomic E-state index is -0.250. The highest BCUT2D eigenvalue weighted by Crippen LogP contribution is 2.19. The van der Waals surface area contributed by atoms with E-state index in [4.69, 9.17) is 0 Å². The summed E-state index contributed by atoms with van der Waals surface area (Å²) in [6.45, 7) is 5.49. The molecule has 3 rings (SSSR count). The molecular formula is C18H23FN4O. The van der Waals surface area contributed by atoms with E-state index in [0.717, 1.165) is 30.8 Å². The number of carbonyl (C=O) groups excluding carboxylic acids is 1. The molecule has 24 heavy (non-hydrogen) atoms. The summed E-state index contributed by atoms with van der Waals surface area (Å²) in [5.41, 5.74) is 2.31. The SMILES string of the molecule is CC(C)c1cc(C(=O)N2CCC[C@H](Nc3ccc(F)cc3)C2)n[nH]1. The summed E-state index contributed by atoms with van der Waals surface area (Å²) in [6.07, 6.45) is 1.92. The number of aromatic nitrogens is 2. The van der Waals surface area contributed by atoms with Crippen LogP contribution in [0.15, 0.2) is 30.3 Å². The van der Waals surface area contributed by atoms with Crippen LogP contribution in [0.3, 0.4) is 0 Å². The van der Waals surface area contributed by atoms with Gasteiger partial charge in [-0.15, -0.1) is 0 Å². The van der Waals surface area contributed by atoms with Gasteiger partial charge in [0.15, 0.2) is 0 Å². The summed E-state index contributed by atoms with van der Waals surface area (Å²) in [6, 6.07) is 8.31. The first kappa shape index (κ1) is 16.5. The number of amides is 1. The van der Waals surface area contributed by atoms with Crippen molar-refractivity contribution in [3.8, 4) is 0 Å². The van der Waals surface area contributed by atoms with Crippen LogP contribution in [-0.4, -0.2) is 40.1 Å². The Hall–Kier alpha value is -2.37. The number of halogens is 1. The molecule has 1 aromatic heterocycles. The summed E-state index contributed by atoms with van der Waals surface area (Å²) >= 11 is 0. The van der Waals surface area contributed by atoms with Crippen molar-refractivity contribution in [1.29, 1.82) is 0 Å². The molecule has 2 heterocycles. The van der Waals surface area contributed by atoms with E-state index in [-0.39, 0.29) is 17.8 Å². The highest BCUT2D eigenvalue weighted by atomic mass is 19.1. The molecule has 1 aliphatic heterocycles. The molecule has 2 N–H and O–H groups in total. The Labute approximate surface area is 141 Å². The fourth-order valence-corrected chi connectivity index (χ4v) is 2.97. The van der Waals surface area contributed by atoms with Crippen LogP contribution < -0.4 is 5.32 Å². The van der Waals surface area contributed by atoms with E-state index < -0.39 is 0 Å². The van der Waals surface area contributed by atoms with Gasteiger partial charge in [0.2, 0.25) is 0 Å². The largest absolute Gasteiger partial charge is 0.381 e. The van der Waals surface area contributed by atoms with Crippen molar-refractivity contribution in [2.75, 3.05) is 18.4 Å². The van der Waals surface area contributed by atoms with Gasteiger partial charge in [-0.25, -0.2) is 4.39 Å². The lowest BCUT2D eigenvalue weighted by Gasteiger charge is -2.33. The van der Waals surface area contributed by atoms with E-state index in [1.807, 2.05) is 11.0 Å². The maximum Gasteiger partial charge on any atom is 0.274 e. The number of piperidine rings is 1. The number of anilines is 1. The maximum absolute atomic E-state index is 13.0. The van der Waals surface area contributed by atoms with Gasteiger partial charge < -0.3 is 10.2 Å². The van der Waals surface area contributed by atoms with Crippen molar-refractivity contribution < 1.29 is 9.18 Å². The number of carbonyl (C=O) groups is 1. The molecule has 1 fully saturated rings. The first-order chi connectivity index (χ1) is 11.5. The highest BCUT2D eigenvalue weighted by molar-refractivity contribution is 5.92. The average molecular weight is 330 g/mol. The number of benzene rings is 1. The van der Waals surface area contributed by atoms with Crippen LogP contribution in [0.2, 0.25) is 0 Å². The molecular weight excluding hydrogens is 307 g/mol. The van der Waals surface area contributed by atoms with Crippen LogP contribution >= 0.6 is 0 Å². The Morgan fingerprint density at radius 1 is 1.38 bits per heavy atom. The van der Waals surface area contributed by atoms with Crippen molar-refractivity contribution in [2.24, 2.45) is 0 Å². The van der Waals surface area contributed by atoms with Crippen LogP contribution in [0.4, 0.5) is 10.1 Å². The monoisotopic (exact) mass is 330 g/mol. The van der Waals surface area contributed by atoms with E-state index >= 15 is 0 Å². The Balaban J connectivity index is 1.63. The van der Waals surface area contributed by atoms with Crippen molar-refractivity contribution >= 4 is 11.6 Å². The molecule has 6 heteroatoms. The molecule has 0 saturated carbocycles. The van der Waals surface area contributed by atoms with Gasteiger partial charge in [0.05, 0.1) is 0 Å². The second-order valence-corrected chi connectivity index (χ2v) is 6.60. The number of H-pyrrole nitrogens is 1. The van der Waals surface area contributed by atoms with Crippen LogP contribution in [0.5, 0.6) is 0 Å². The lowest BCUT2D eigenvalue weighted by molar-refractivity contribution is 0.0709. The van der Waals surface area contributed by atoms with Gasteiger partial charge in [-0.05, 0) is 49.1 Å². The predicted molar refractivity (Wildman–Crippen MR) is 91.6 cm³/mol. The first-order valence-corrected chi connectivity index (χ1v) is 8.39. The highest BCUT2D eigenvalue weighted by Gasteiger charge is 2.26. The summed E-state index contributed by atoms with van der Waals surface area (Å²) in [5, 5.41) is 10.5. The Bertz CT molecular complexity index is 695. The van der Waals surface area contributed by atoms with Gasteiger partial charge in [0, 0.05) is 30.5 Å². The van der Waals surface area contributed by atoms with Crippen LogP contribution in [0.1, 0.15) is 48.8 Å². The van der Waals surface area contributed by atoms with Crippen LogP contribution in [-0.2, 0) is 0 Å². The van der Waals surface area contributed by atoms with E-state index in [1.165, 1.54) is 12.1 Å². The van der Waals surface area contributed by atoms with Gasteiger partial charge in [0.1, 0.15) is 11.5 Å².